The minimum absolute atomic E-state index is 0.279. The molecule has 5 heteroatoms. The number of nitrogens with one attached hydrogen (secondary N) is 1. The lowest BCUT2D eigenvalue weighted by Crippen LogP contribution is -3.14. The molecule has 0 bridgehead atoms. The quantitative estimate of drug-likeness (QED) is 0.701. The van der Waals surface area contributed by atoms with Gasteiger partial charge in [0.15, 0.2) is 11.6 Å². The van der Waals surface area contributed by atoms with Gasteiger partial charge < -0.3 is 9.80 Å². The maximum atomic E-state index is 13.1. The van der Waals surface area contributed by atoms with E-state index >= 15 is 0 Å². The Morgan fingerprint density at radius 2 is 1.93 bits per heavy atom. The van der Waals surface area contributed by atoms with E-state index in [9.17, 15) is 4.79 Å². The Morgan fingerprint density at radius 3 is 2.73 bits per heavy atom. The van der Waals surface area contributed by atoms with Crippen molar-refractivity contribution in [3.05, 3.63) is 71.2 Å². The van der Waals surface area contributed by atoms with Gasteiger partial charge in [-0.15, -0.1) is 11.3 Å². The van der Waals surface area contributed by atoms with E-state index in [1.807, 2.05) is 11.0 Å². The van der Waals surface area contributed by atoms with Crippen LogP contribution in [0.5, 0.6) is 0 Å². The largest absolute Gasteiger partial charge is 0.334 e. The smallest absolute Gasteiger partial charge is 0.278 e. The number of fused-ring (bicyclic) bond motifs is 1. The first-order chi connectivity index (χ1) is 14.8. The molecule has 1 fully saturated rings. The monoisotopic (exact) mass is 418 g/mol. The summed E-state index contributed by atoms with van der Waals surface area (Å²) in [7, 11) is 0. The van der Waals surface area contributed by atoms with Gasteiger partial charge in [-0.25, -0.2) is 4.98 Å². The second-order valence-corrected chi connectivity index (χ2v) is 9.40. The summed E-state index contributed by atoms with van der Waals surface area (Å²) in [5, 5.41) is 1.20. The molecule has 3 heterocycles. The number of benzene rings is 2. The minimum Gasteiger partial charge on any atom is -0.334 e. The highest BCUT2D eigenvalue weighted by atomic mass is 32.1. The van der Waals surface area contributed by atoms with Gasteiger partial charge in [0.1, 0.15) is 6.04 Å². The molecule has 1 unspecified atom stereocenters. The van der Waals surface area contributed by atoms with Gasteiger partial charge in [0.05, 0.1) is 16.8 Å². The molecule has 2 atom stereocenters. The van der Waals surface area contributed by atoms with Crippen molar-refractivity contribution in [3.8, 4) is 0 Å². The number of piperidine rings is 1. The SMILES string of the molecule is O=C(C[NH+]1CCCC[C@@H]1c1nc2ccccc2s1)N1CC=C(c2ccccc2)CC1. The first-order valence-electron chi connectivity index (χ1n) is 11.0. The van der Waals surface area contributed by atoms with E-state index in [0.29, 0.717) is 12.6 Å². The Bertz CT molecular complexity index is 1030. The molecule has 0 spiro atoms. The average molecular weight is 419 g/mol. The fraction of sp³-hybridized carbons (Fsp3) is 0.360. The van der Waals surface area contributed by atoms with Crippen molar-refractivity contribution in [2.75, 3.05) is 26.2 Å². The zero-order valence-electron chi connectivity index (χ0n) is 17.2. The van der Waals surface area contributed by atoms with Crippen molar-refractivity contribution in [2.45, 2.75) is 31.7 Å². The van der Waals surface area contributed by atoms with Crippen LogP contribution in [0.2, 0.25) is 0 Å². The normalized spacial score (nSPS) is 22.1. The third-order valence-electron chi connectivity index (χ3n) is 6.43. The molecular weight excluding hydrogens is 390 g/mol. The van der Waals surface area contributed by atoms with E-state index in [0.717, 1.165) is 38.0 Å². The molecule has 5 rings (SSSR count). The van der Waals surface area contributed by atoms with Crippen LogP contribution in [-0.2, 0) is 4.79 Å². The lowest BCUT2D eigenvalue weighted by molar-refractivity contribution is -0.929. The van der Waals surface area contributed by atoms with Crippen LogP contribution in [0.3, 0.4) is 0 Å². The number of carbonyl (C=O) groups is 1. The van der Waals surface area contributed by atoms with Crippen molar-refractivity contribution in [3.63, 3.8) is 0 Å². The van der Waals surface area contributed by atoms with E-state index < -0.39 is 0 Å². The van der Waals surface area contributed by atoms with E-state index in [4.69, 9.17) is 4.98 Å². The Labute approximate surface area is 181 Å². The van der Waals surface area contributed by atoms with Crippen molar-refractivity contribution in [1.29, 1.82) is 0 Å². The summed E-state index contributed by atoms with van der Waals surface area (Å²) >= 11 is 1.80. The molecule has 30 heavy (non-hydrogen) atoms. The lowest BCUT2D eigenvalue weighted by Gasteiger charge is -2.33. The molecule has 0 saturated carbocycles. The summed E-state index contributed by atoms with van der Waals surface area (Å²) in [4.78, 5) is 21.5. The molecule has 1 N–H and O–H groups in total. The Hall–Kier alpha value is -2.50. The molecule has 2 aliphatic rings. The van der Waals surface area contributed by atoms with Crippen LogP contribution in [-0.4, -0.2) is 42.0 Å². The lowest BCUT2D eigenvalue weighted by atomic mass is 9.99. The summed E-state index contributed by atoms with van der Waals surface area (Å²) in [6.07, 6.45) is 6.72. The minimum atomic E-state index is 0.279. The number of hydrogen-bond donors (Lipinski definition) is 1. The molecule has 1 amide bonds. The molecule has 1 aromatic heterocycles. The predicted molar refractivity (Wildman–Crippen MR) is 123 cm³/mol. The van der Waals surface area contributed by atoms with Gasteiger partial charge in [0, 0.05) is 19.5 Å². The van der Waals surface area contributed by atoms with Crippen LogP contribution in [0, 0.1) is 0 Å². The second-order valence-electron chi connectivity index (χ2n) is 8.34. The third-order valence-corrected chi connectivity index (χ3v) is 7.58. The summed E-state index contributed by atoms with van der Waals surface area (Å²) in [5.41, 5.74) is 3.72. The molecule has 2 aromatic carbocycles. The van der Waals surface area contributed by atoms with Crippen LogP contribution in [0.4, 0.5) is 0 Å². The summed E-state index contributed by atoms with van der Waals surface area (Å²) in [6, 6.07) is 19.2. The number of rotatable bonds is 4. The number of likely N-dealkylation sites (tertiary alicyclic amines) is 1. The molecule has 0 aliphatic carbocycles. The number of nitrogens with zero attached hydrogens (tertiary/aromatic N) is 2. The van der Waals surface area contributed by atoms with Crippen LogP contribution in [0.15, 0.2) is 60.7 Å². The van der Waals surface area contributed by atoms with E-state index in [-0.39, 0.29) is 5.91 Å². The number of quaternary nitrogens is 1. The average Bonchev–Trinajstić information content (AvgIpc) is 3.24. The van der Waals surface area contributed by atoms with Gasteiger partial charge in [-0.05, 0) is 42.5 Å². The fourth-order valence-corrected chi connectivity index (χ4v) is 5.90. The molecule has 1 saturated heterocycles. The number of carbonyl (C=O) groups excluding carboxylic acids is 1. The molecule has 2 aliphatic heterocycles. The third kappa shape index (κ3) is 4.05. The number of amides is 1. The van der Waals surface area contributed by atoms with Crippen molar-refractivity contribution < 1.29 is 9.69 Å². The molecule has 154 valence electrons. The van der Waals surface area contributed by atoms with Crippen molar-refractivity contribution >= 4 is 33.0 Å². The van der Waals surface area contributed by atoms with Crippen LogP contribution < -0.4 is 4.90 Å². The maximum Gasteiger partial charge on any atom is 0.278 e. The number of aromatic nitrogens is 1. The zero-order valence-corrected chi connectivity index (χ0v) is 18.0. The van der Waals surface area contributed by atoms with Crippen LogP contribution in [0.25, 0.3) is 15.8 Å². The van der Waals surface area contributed by atoms with E-state index in [1.54, 1.807) is 11.3 Å². The summed E-state index contributed by atoms with van der Waals surface area (Å²) < 4.78 is 1.25. The Balaban J connectivity index is 1.27. The Kier molecular flexibility index (Phi) is 5.65. The topological polar surface area (TPSA) is 37.6 Å². The standard InChI is InChI=1S/C25H27N3OS/c29-24(27-16-13-20(14-17-27)19-8-2-1-3-9-19)18-28-15-7-6-11-22(28)25-26-21-10-4-5-12-23(21)30-25/h1-5,8-10,12-13,22H,6-7,11,14-18H2/p+1/t22-/m1/s1. The van der Waals surface area contributed by atoms with Gasteiger partial charge in [0.25, 0.3) is 5.91 Å². The molecule has 4 nitrogen and oxygen atoms in total. The Morgan fingerprint density at radius 1 is 1.10 bits per heavy atom. The zero-order chi connectivity index (χ0) is 20.3. The number of hydrogen-bond acceptors (Lipinski definition) is 3. The van der Waals surface area contributed by atoms with Gasteiger partial charge in [-0.1, -0.05) is 48.5 Å². The predicted octanol–water partition coefficient (Wildman–Crippen LogP) is 3.72. The number of thiazole rings is 1. The summed E-state index contributed by atoms with van der Waals surface area (Å²) in [6.45, 7) is 3.18. The molecular formula is C25H28N3OS+. The highest BCUT2D eigenvalue weighted by molar-refractivity contribution is 7.18. The highest BCUT2D eigenvalue weighted by Gasteiger charge is 2.33. The van der Waals surface area contributed by atoms with Gasteiger partial charge >= 0.3 is 0 Å². The van der Waals surface area contributed by atoms with Gasteiger partial charge in [-0.3, -0.25) is 4.79 Å². The van der Waals surface area contributed by atoms with Crippen LogP contribution >= 0.6 is 11.3 Å². The first kappa shape index (κ1) is 19.5. The fourth-order valence-electron chi connectivity index (χ4n) is 4.74. The highest BCUT2D eigenvalue weighted by Crippen LogP contribution is 2.28. The van der Waals surface area contributed by atoms with Crippen molar-refractivity contribution in [2.24, 2.45) is 0 Å². The molecule has 3 aromatic rings. The van der Waals surface area contributed by atoms with Gasteiger partial charge in [-0.2, -0.15) is 0 Å². The first-order valence-corrected chi connectivity index (χ1v) is 11.8. The molecule has 0 radical (unpaired) electrons. The number of para-hydroxylation sites is 1. The van der Waals surface area contributed by atoms with Crippen molar-refractivity contribution in [1.82, 2.24) is 9.88 Å². The van der Waals surface area contributed by atoms with E-state index in [1.165, 1.54) is 38.6 Å². The van der Waals surface area contributed by atoms with E-state index in [2.05, 4.69) is 54.6 Å². The maximum absolute atomic E-state index is 13.1. The summed E-state index contributed by atoms with van der Waals surface area (Å²) in [5.74, 6) is 0.279. The second kappa shape index (κ2) is 8.70. The van der Waals surface area contributed by atoms with Gasteiger partial charge in [0.2, 0.25) is 0 Å². The van der Waals surface area contributed by atoms with Crippen LogP contribution in [0.1, 0.15) is 42.3 Å².